The summed E-state index contributed by atoms with van der Waals surface area (Å²) in [7, 11) is 0. The highest BCUT2D eigenvalue weighted by atomic mass is 32.2. The summed E-state index contributed by atoms with van der Waals surface area (Å²) in [4.78, 5) is 19.7. The molecule has 1 amide bonds. The molecule has 0 atom stereocenters. The Morgan fingerprint density at radius 1 is 1.39 bits per heavy atom. The van der Waals surface area contributed by atoms with Crippen LogP contribution in [-0.2, 0) is 10.2 Å². The minimum atomic E-state index is -0.472. The molecule has 0 radical (unpaired) electrons. The van der Waals surface area contributed by atoms with Gasteiger partial charge in [0.25, 0.3) is 0 Å². The molecule has 0 aliphatic carbocycles. The first kappa shape index (κ1) is 11.6. The number of aromatic nitrogens is 2. The van der Waals surface area contributed by atoms with E-state index in [9.17, 15) is 4.79 Å². The van der Waals surface area contributed by atoms with Gasteiger partial charge in [-0.05, 0) is 37.3 Å². The van der Waals surface area contributed by atoms with E-state index in [1.807, 2.05) is 26.0 Å². The summed E-state index contributed by atoms with van der Waals surface area (Å²) in [5, 5.41) is 3.86. The predicted molar refractivity (Wildman–Crippen MR) is 74.1 cm³/mol. The first-order valence-corrected chi connectivity index (χ1v) is 6.99. The molecule has 1 aromatic heterocycles. The Balaban J connectivity index is 2.17. The number of hydrogen-bond acceptors (Lipinski definition) is 3. The van der Waals surface area contributed by atoms with E-state index in [1.165, 1.54) is 0 Å². The van der Waals surface area contributed by atoms with Crippen LogP contribution in [0, 0.1) is 0 Å². The van der Waals surface area contributed by atoms with Gasteiger partial charge < -0.3 is 10.3 Å². The van der Waals surface area contributed by atoms with Gasteiger partial charge in [0.2, 0.25) is 5.91 Å². The lowest BCUT2D eigenvalue weighted by Gasteiger charge is -2.14. The largest absolute Gasteiger partial charge is 0.333 e. The van der Waals surface area contributed by atoms with Crippen LogP contribution in [0.25, 0.3) is 11.0 Å². The number of anilines is 1. The second-order valence-electron chi connectivity index (χ2n) is 4.97. The highest BCUT2D eigenvalue weighted by Gasteiger charge is 2.38. The molecule has 2 heterocycles. The van der Waals surface area contributed by atoms with Gasteiger partial charge in [-0.3, -0.25) is 4.79 Å². The van der Waals surface area contributed by atoms with Crippen molar-refractivity contribution < 1.29 is 4.79 Å². The fraction of sp³-hybridized carbons (Fsp3) is 0.385. The van der Waals surface area contributed by atoms with Crippen molar-refractivity contribution in [1.29, 1.82) is 0 Å². The Labute approximate surface area is 110 Å². The van der Waals surface area contributed by atoms with Crippen molar-refractivity contribution >= 4 is 34.4 Å². The number of carbonyl (C=O) groups is 1. The lowest BCUT2D eigenvalue weighted by atomic mass is 9.86. The van der Waals surface area contributed by atoms with E-state index >= 15 is 0 Å². The molecule has 0 saturated heterocycles. The standard InChI is InChI=1S/C13H15N3OS/c1-4-18-12-15-9-5-7-8(6-10(9)16-12)14-11(17)13(7,2)3/h5-6H,4H2,1-3H3,(H,14,17)(H,15,16). The number of hydrogen-bond donors (Lipinski definition) is 2. The highest BCUT2D eigenvalue weighted by molar-refractivity contribution is 7.99. The third-order valence-electron chi connectivity index (χ3n) is 3.37. The molecular formula is C13H15N3OS. The number of benzene rings is 1. The van der Waals surface area contributed by atoms with Crippen molar-refractivity contribution in [2.45, 2.75) is 31.3 Å². The number of nitrogens with one attached hydrogen (secondary N) is 2. The van der Waals surface area contributed by atoms with Crippen LogP contribution in [0.4, 0.5) is 5.69 Å². The molecule has 1 aliphatic rings. The number of aromatic amines is 1. The van der Waals surface area contributed by atoms with E-state index in [0.29, 0.717) is 0 Å². The lowest BCUT2D eigenvalue weighted by Crippen LogP contribution is -2.26. The van der Waals surface area contributed by atoms with Gasteiger partial charge in [-0.2, -0.15) is 0 Å². The summed E-state index contributed by atoms with van der Waals surface area (Å²) in [6.07, 6.45) is 0. The number of rotatable bonds is 2. The van der Waals surface area contributed by atoms with E-state index in [2.05, 4.69) is 22.2 Å². The van der Waals surface area contributed by atoms with E-state index in [-0.39, 0.29) is 5.91 Å². The minimum Gasteiger partial charge on any atom is -0.333 e. The molecule has 3 rings (SSSR count). The van der Waals surface area contributed by atoms with Crippen LogP contribution in [0.5, 0.6) is 0 Å². The Kier molecular flexibility index (Phi) is 2.41. The Bertz CT molecular complexity index is 645. The average Bonchev–Trinajstić information content (AvgIpc) is 2.77. The molecule has 0 saturated carbocycles. The maximum atomic E-state index is 11.9. The second-order valence-corrected chi connectivity index (χ2v) is 6.22. The Morgan fingerprint density at radius 3 is 2.89 bits per heavy atom. The van der Waals surface area contributed by atoms with Gasteiger partial charge in [-0.1, -0.05) is 18.7 Å². The molecule has 5 heteroatoms. The number of imidazole rings is 1. The van der Waals surface area contributed by atoms with Gasteiger partial charge in [-0.15, -0.1) is 0 Å². The second kappa shape index (κ2) is 3.75. The number of fused-ring (bicyclic) bond motifs is 2. The normalized spacial score (nSPS) is 16.9. The molecular weight excluding hydrogens is 246 g/mol. The summed E-state index contributed by atoms with van der Waals surface area (Å²) in [5.41, 5.74) is 3.35. The van der Waals surface area contributed by atoms with Crippen LogP contribution in [-0.4, -0.2) is 21.6 Å². The van der Waals surface area contributed by atoms with Crippen LogP contribution < -0.4 is 5.32 Å². The summed E-state index contributed by atoms with van der Waals surface area (Å²) in [5.74, 6) is 1.04. The smallest absolute Gasteiger partial charge is 0.234 e. The van der Waals surface area contributed by atoms with Crippen molar-refractivity contribution in [2.75, 3.05) is 11.1 Å². The number of carbonyl (C=O) groups excluding carboxylic acids is 1. The Hall–Kier alpha value is -1.49. The molecule has 94 valence electrons. The zero-order valence-corrected chi connectivity index (χ0v) is 11.4. The molecule has 18 heavy (non-hydrogen) atoms. The maximum absolute atomic E-state index is 11.9. The van der Waals surface area contributed by atoms with Crippen LogP contribution in [0.1, 0.15) is 26.3 Å². The molecule has 2 aromatic rings. The summed E-state index contributed by atoms with van der Waals surface area (Å²) in [6.45, 7) is 5.98. The van der Waals surface area contributed by atoms with Gasteiger partial charge in [0.1, 0.15) is 0 Å². The van der Waals surface area contributed by atoms with E-state index in [0.717, 1.165) is 33.2 Å². The zero-order valence-electron chi connectivity index (χ0n) is 10.6. The van der Waals surface area contributed by atoms with Gasteiger partial charge in [0.15, 0.2) is 5.16 Å². The van der Waals surface area contributed by atoms with Crippen LogP contribution in [0.15, 0.2) is 17.3 Å². The molecule has 0 unspecified atom stereocenters. The predicted octanol–water partition coefficient (Wildman–Crippen LogP) is 2.90. The van der Waals surface area contributed by atoms with Crippen molar-refractivity contribution in [3.05, 3.63) is 17.7 Å². The quantitative estimate of drug-likeness (QED) is 0.817. The molecule has 0 spiro atoms. The van der Waals surface area contributed by atoms with Gasteiger partial charge in [0.05, 0.1) is 16.4 Å². The van der Waals surface area contributed by atoms with Crippen molar-refractivity contribution in [3.8, 4) is 0 Å². The fourth-order valence-corrected chi connectivity index (χ4v) is 2.88. The molecule has 2 N–H and O–H groups in total. The van der Waals surface area contributed by atoms with Crippen LogP contribution >= 0.6 is 11.8 Å². The monoisotopic (exact) mass is 261 g/mol. The summed E-state index contributed by atoms with van der Waals surface area (Å²) >= 11 is 1.68. The Morgan fingerprint density at radius 2 is 2.17 bits per heavy atom. The van der Waals surface area contributed by atoms with Crippen molar-refractivity contribution in [3.63, 3.8) is 0 Å². The number of thioether (sulfide) groups is 1. The van der Waals surface area contributed by atoms with Crippen molar-refractivity contribution in [2.24, 2.45) is 0 Å². The number of nitrogens with zero attached hydrogens (tertiary/aromatic N) is 1. The number of amides is 1. The SMILES string of the molecule is CCSc1nc2cc3c(cc2[nH]1)NC(=O)C3(C)C. The zero-order chi connectivity index (χ0) is 12.9. The molecule has 0 fully saturated rings. The summed E-state index contributed by atoms with van der Waals surface area (Å²) < 4.78 is 0. The maximum Gasteiger partial charge on any atom is 0.234 e. The topological polar surface area (TPSA) is 57.8 Å². The molecule has 0 bridgehead atoms. The van der Waals surface area contributed by atoms with Crippen LogP contribution in [0.3, 0.4) is 0 Å². The van der Waals surface area contributed by atoms with E-state index in [4.69, 9.17) is 0 Å². The summed E-state index contributed by atoms with van der Waals surface area (Å²) in [6, 6.07) is 3.99. The third-order valence-corrected chi connectivity index (χ3v) is 4.13. The van der Waals surface area contributed by atoms with Crippen molar-refractivity contribution in [1.82, 2.24) is 9.97 Å². The molecule has 1 aliphatic heterocycles. The van der Waals surface area contributed by atoms with Crippen LogP contribution in [0.2, 0.25) is 0 Å². The average molecular weight is 261 g/mol. The highest BCUT2D eigenvalue weighted by Crippen LogP contribution is 2.39. The first-order chi connectivity index (χ1) is 8.52. The van der Waals surface area contributed by atoms with E-state index in [1.54, 1.807) is 11.8 Å². The first-order valence-electron chi connectivity index (χ1n) is 6.01. The van der Waals surface area contributed by atoms with Gasteiger partial charge >= 0.3 is 0 Å². The fourth-order valence-electron chi connectivity index (χ4n) is 2.26. The molecule has 4 nitrogen and oxygen atoms in total. The minimum absolute atomic E-state index is 0.0494. The van der Waals surface area contributed by atoms with Gasteiger partial charge in [-0.25, -0.2) is 4.98 Å². The number of H-pyrrole nitrogens is 1. The molecule has 1 aromatic carbocycles. The van der Waals surface area contributed by atoms with Gasteiger partial charge in [0, 0.05) is 5.69 Å². The lowest BCUT2D eigenvalue weighted by molar-refractivity contribution is -0.119. The third kappa shape index (κ3) is 1.54. The van der Waals surface area contributed by atoms with E-state index < -0.39 is 5.41 Å².